The molecular weight excluding hydrogens is 399 g/mol. The molecule has 2 aliphatic heterocycles. The molecule has 3 unspecified atom stereocenters. The molecule has 0 radical (unpaired) electrons. The lowest BCUT2D eigenvalue weighted by Gasteiger charge is -2.41. The second kappa shape index (κ2) is 9.58. The molecule has 0 saturated carbocycles. The predicted molar refractivity (Wildman–Crippen MR) is 113 cm³/mol. The van der Waals surface area contributed by atoms with E-state index in [1.807, 2.05) is 12.1 Å². The largest absolute Gasteiger partial charge is 0.383 e. The van der Waals surface area contributed by atoms with Gasteiger partial charge in [0.05, 0.1) is 24.7 Å². The van der Waals surface area contributed by atoms with Crippen molar-refractivity contribution in [2.75, 3.05) is 33.4 Å². The number of carbonyl (C=O) groups excluding carboxylic acids is 2. The Hall–Kier alpha value is -2.77. The number of fused-ring (bicyclic) bond motifs is 1. The number of amides is 2. The van der Waals surface area contributed by atoms with Gasteiger partial charge in [-0.3, -0.25) is 9.59 Å². The van der Waals surface area contributed by atoms with Gasteiger partial charge in [-0.15, -0.1) is 0 Å². The van der Waals surface area contributed by atoms with Crippen LogP contribution >= 0.6 is 0 Å². The van der Waals surface area contributed by atoms with Gasteiger partial charge in [0, 0.05) is 32.4 Å². The normalized spacial score (nSPS) is 23.0. The molecular formula is C24H27FN2O4. The molecule has 0 aliphatic carbocycles. The third kappa shape index (κ3) is 4.48. The number of hydrogen-bond donors (Lipinski definition) is 1. The number of nitrogens with zero attached hydrogens (tertiary/aromatic N) is 1. The van der Waals surface area contributed by atoms with Crippen LogP contribution in [0.5, 0.6) is 0 Å². The monoisotopic (exact) mass is 426 g/mol. The van der Waals surface area contributed by atoms with Gasteiger partial charge in [-0.05, 0) is 42.2 Å². The van der Waals surface area contributed by atoms with Gasteiger partial charge in [-0.2, -0.15) is 0 Å². The van der Waals surface area contributed by atoms with Crippen LogP contribution in [0.4, 0.5) is 4.39 Å². The number of rotatable bonds is 7. The van der Waals surface area contributed by atoms with E-state index in [4.69, 9.17) is 9.47 Å². The Kier molecular flexibility index (Phi) is 6.63. The van der Waals surface area contributed by atoms with Crippen molar-refractivity contribution in [3.05, 3.63) is 71.0 Å². The first kappa shape index (κ1) is 21.5. The summed E-state index contributed by atoms with van der Waals surface area (Å²) in [6.07, 6.45) is 1.92. The van der Waals surface area contributed by atoms with Gasteiger partial charge in [0.1, 0.15) is 5.82 Å². The van der Waals surface area contributed by atoms with Crippen molar-refractivity contribution in [1.82, 2.24) is 10.2 Å². The molecule has 1 fully saturated rings. The molecule has 6 nitrogen and oxygen atoms in total. The Balaban J connectivity index is 1.73. The highest BCUT2D eigenvalue weighted by molar-refractivity contribution is 6.01. The van der Waals surface area contributed by atoms with Crippen LogP contribution in [-0.4, -0.2) is 56.2 Å². The van der Waals surface area contributed by atoms with Crippen molar-refractivity contribution >= 4 is 11.8 Å². The van der Waals surface area contributed by atoms with Gasteiger partial charge in [0.15, 0.2) is 0 Å². The second-order valence-corrected chi connectivity index (χ2v) is 7.93. The summed E-state index contributed by atoms with van der Waals surface area (Å²) in [7, 11) is 1.57. The summed E-state index contributed by atoms with van der Waals surface area (Å²) in [6.45, 7) is 1.79. The maximum Gasteiger partial charge on any atom is 0.254 e. The van der Waals surface area contributed by atoms with Crippen LogP contribution in [0, 0.1) is 5.82 Å². The molecule has 7 heteroatoms. The second-order valence-electron chi connectivity index (χ2n) is 7.93. The minimum atomic E-state index is -0.627. The molecule has 2 aromatic carbocycles. The number of benzene rings is 2. The zero-order chi connectivity index (χ0) is 21.8. The van der Waals surface area contributed by atoms with Crippen LogP contribution in [-0.2, 0) is 14.3 Å². The quantitative estimate of drug-likeness (QED) is 0.739. The highest BCUT2D eigenvalue weighted by atomic mass is 19.1. The van der Waals surface area contributed by atoms with Crippen molar-refractivity contribution in [1.29, 1.82) is 0 Å². The summed E-state index contributed by atoms with van der Waals surface area (Å²) in [5.74, 6) is -1.33. The van der Waals surface area contributed by atoms with E-state index in [9.17, 15) is 14.0 Å². The first-order valence-corrected chi connectivity index (χ1v) is 10.6. The number of halogens is 1. The van der Waals surface area contributed by atoms with Gasteiger partial charge >= 0.3 is 0 Å². The van der Waals surface area contributed by atoms with Crippen LogP contribution in [0.15, 0.2) is 48.5 Å². The molecule has 2 heterocycles. The Morgan fingerprint density at radius 3 is 2.71 bits per heavy atom. The molecule has 164 valence electrons. The fraction of sp³-hybridized carbons (Fsp3) is 0.417. The predicted octanol–water partition coefficient (Wildman–Crippen LogP) is 3.05. The van der Waals surface area contributed by atoms with Crippen molar-refractivity contribution in [3.8, 4) is 0 Å². The third-order valence-corrected chi connectivity index (χ3v) is 6.00. The lowest BCUT2D eigenvalue weighted by atomic mass is 9.79. The Morgan fingerprint density at radius 1 is 1.23 bits per heavy atom. The van der Waals surface area contributed by atoms with E-state index < -0.39 is 12.0 Å². The van der Waals surface area contributed by atoms with E-state index in [-0.39, 0.29) is 23.7 Å². The number of carbonyl (C=O) groups is 2. The van der Waals surface area contributed by atoms with E-state index in [0.717, 1.165) is 12.8 Å². The zero-order valence-electron chi connectivity index (χ0n) is 17.6. The summed E-state index contributed by atoms with van der Waals surface area (Å²) in [5.41, 5.74) is 1.90. The lowest BCUT2D eigenvalue weighted by molar-refractivity contribution is -0.124. The number of hydrogen-bond acceptors (Lipinski definition) is 4. The molecule has 0 spiro atoms. The average Bonchev–Trinajstić information content (AvgIpc) is 3.31. The molecule has 2 aliphatic rings. The molecule has 2 amide bonds. The maximum atomic E-state index is 13.6. The van der Waals surface area contributed by atoms with E-state index >= 15 is 0 Å². The van der Waals surface area contributed by atoms with E-state index in [2.05, 4.69) is 5.32 Å². The van der Waals surface area contributed by atoms with Gasteiger partial charge < -0.3 is 19.7 Å². The van der Waals surface area contributed by atoms with Gasteiger partial charge in [-0.1, -0.05) is 30.3 Å². The van der Waals surface area contributed by atoms with Crippen LogP contribution in [0.3, 0.4) is 0 Å². The first-order chi connectivity index (χ1) is 15.1. The van der Waals surface area contributed by atoms with E-state index in [1.165, 1.54) is 12.1 Å². The number of nitrogens with one attached hydrogen (secondary N) is 1. The first-order valence-electron chi connectivity index (χ1n) is 10.6. The molecule has 3 atom stereocenters. The Labute approximate surface area is 181 Å². The number of ether oxygens (including phenoxy) is 2. The zero-order valence-corrected chi connectivity index (χ0v) is 17.6. The summed E-state index contributed by atoms with van der Waals surface area (Å²) in [6, 6.07) is 12.6. The summed E-state index contributed by atoms with van der Waals surface area (Å²) in [4.78, 5) is 28.5. The fourth-order valence-corrected chi connectivity index (χ4v) is 4.47. The molecule has 4 rings (SSSR count). The lowest BCUT2D eigenvalue weighted by Crippen LogP contribution is -2.49. The highest BCUT2D eigenvalue weighted by Crippen LogP contribution is 2.42. The Bertz CT molecular complexity index is 927. The molecule has 1 N–H and O–H groups in total. The summed E-state index contributed by atoms with van der Waals surface area (Å²) < 4.78 is 24.5. The van der Waals surface area contributed by atoms with Crippen molar-refractivity contribution in [2.45, 2.75) is 30.9 Å². The minimum Gasteiger partial charge on any atom is -0.383 e. The standard InChI is InChI=1S/C24H27FN2O4/c1-30-14-12-27-22(16-8-10-17(25)11-9-16)21(19-6-2-3-7-20(19)24(27)29)23(28)26-15-18-5-4-13-31-18/h2-3,6-11,18,21-22H,4-5,12-15H2,1H3,(H,26,28). The van der Waals surface area contributed by atoms with Crippen molar-refractivity contribution in [3.63, 3.8) is 0 Å². The Morgan fingerprint density at radius 2 is 2.00 bits per heavy atom. The van der Waals surface area contributed by atoms with Crippen LogP contribution in [0.25, 0.3) is 0 Å². The topological polar surface area (TPSA) is 67.9 Å². The van der Waals surface area contributed by atoms with Gasteiger partial charge in [0.2, 0.25) is 5.91 Å². The molecule has 1 saturated heterocycles. The van der Waals surface area contributed by atoms with Crippen LogP contribution in [0.1, 0.15) is 46.3 Å². The fourth-order valence-electron chi connectivity index (χ4n) is 4.47. The van der Waals surface area contributed by atoms with Crippen LogP contribution in [0.2, 0.25) is 0 Å². The van der Waals surface area contributed by atoms with Crippen LogP contribution < -0.4 is 5.32 Å². The van der Waals surface area contributed by atoms with Gasteiger partial charge in [-0.25, -0.2) is 4.39 Å². The highest BCUT2D eigenvalue weighted by Gasteiger charge is 2.44. The molecule has 0 bridgehead atoms. The summed E-state index contributed by atoms with van der Waals surface area (Å²) in [5, 5.41) is 3.03. The SMILES string of the molecule is COCCN1C(=O)c2ccccc2C(C(=O)NCC2CCCO2)C1c1ccc(F)cc1. The van der Waals surface area contributed by atoms with E-state index in [0.29, 0.717) is 43.0 Å². The molecule has 31 heavy (non-hydrogen) atoms. The average molecular weight is 426 g/mol. The minimum absolute atomic E-state index is 0.0123. The van der Waals surface area contributed by atoms with Gasteiger partial charge in [0.25, 0.3) is 5.91 Å². The van der Waals surface area contributed by atoms with Crippen molar-refractivity contribution < 1.29 is 23.5 Å². The number of methoxy groups -OCH3 is 1. The molecule has 2 aromatic rings. The van der Waals surface area contributed by atoms with E-state index in [1.54, 1.807) is 36.3 Å². The maximum absolute atomic E-state index is 13.6. The third-order valence-electron chi connectivity index (χ3n) is 6.00. The molecule has 0 aromatic heterocycles. The smallest absolute Gasteiger partial charge is 0.254 e. The van der Waals surface area contributed by atoms with Crippen molar-refractivity contribution in [2.24, 2.45) is 0 Å². The summed E-state index contributed by atoms with van der Waals surface area (Å²) >= 11 is 0.